The Balaban J connectivity index is 2.81. The molecule has 0 bridgehead atoms. The molecule has 0 aromatic carbocycles. The molecule has 0 spiro atoms. The highest BCUT2D eigenvalue weighted by Crippen LogP contribution is 2.08. The summed E-state index contributed by atoms with van der Waals surface area (Å²) in [5.74, 6) is 0. The van der Waals surface area contributed by atoms with Crippen LogP contribution < -0.4 is 5.73 Å². The number of allylic oxidation sites excluding steroid dienone is 1. The maximum atomic E-state index is 5.23. The molecule has 12 heavy (non-hydrogen) atoms. The van der Waals surface area contributed by atoms with Gasteiger partial charge in [0.05, 0.1) is 0 Å². The number of rotatable bonds is 8. The Morgan fingerprint density at radius 1 is 0.917 bits per heavy atom. The molecule has 0 aromatic heterocycles. The first-order valence-electron chi connectivity index (χ1n) is 5.28. The summed E-state index contributed by atoms with van der Waals surface area (Å²) in [7, 11) is 0. The molecular formula is C11H23N. The molecule has 0 saturated heterocycles. The van der Waals surface area contributed by atoms with Crippen molar-refractivity contribution >= 4 is 0 Å². The minimum atomic E-state index is 1.16. The monoisotopic (exact) mass is 169 g/mol. The van der Waals surface area contributed by atoms with Crippen LogP contribution in [-0.2, 0) is 0 Å². The van der Waals surface area contributed by atoms with E-state index in [-0.39, 0.29) is 0 Å². The molecule has 0 aliphatic heterocycles. The van der Waals surface area contributed by atoms with Gasteiger partial charge in [-0.2, -0.15) is 0 Å². The predicted octanol–water partition coefficient (Wildman–Crippen LogP) is 3.60. The van der Waals surface area contributed by atoms with Gasteiger partial charge in [-0.1, -0.05) is 51.5 Å². The Labute approximate surface area is 77.0 Å². The third-order valence-electron chi connectivity index (χ3n) is 2.11. The van der Waals surface area contributed by atoms with Crippen LogP contribution in [0.1, 0.15) is 58.3 Å². The molecule has 2 N–H and O–H groups in total. The van der Waals surface area contributed by atoms with Crippen molar-refractivity contribution in [1.29, 1.82) is 0 Å². The van der Waals surface area contributed by atoms with E-state index in [1.165, 1.54) is 44.9 Å². The lowest BCUT2D eigenvalue weighted by atomic mass is 10.1. The van der Waals surface area contributed by atoms with Crippen LogP contribution in [0.5, 0.6) is 0 Å². The first kappa shape index (κ1) is 11.5. The topological polar surface area (TPSA) is 26.0 Å². The maximum absolute atomic E-state index is 5.23. The van der Waals surface area contributed by atoms with Gasteiger partial charge in [-0.25, -0.2) is 0 Å². The molecule has 0 radical (unpaired) electrons. The molecule has 0 atom stereocenters. The van der Waals surface area contributed by atoms with Gasteiger partial charge in [-0.3, -0.25) is 0 Å². The predicted molar refractivity (Wildman–Crippen MR) is 55.9 cm³/mol. The second-order valence-electron chi connectivity index (χ2n) is 3.34. The van der Waals surface area contributed by atoms with Gasteiger partial charge in [-0.05, 0) is 19.0 Å². The Morgan fingerprint density at radius 2 is 1.50 bits per heavy atom. The van der Waals surface area contributed by atoms with Crippen molar-refractivity contribution in [3.63, 3.8) is 0 Å². The molecule has 1 heteroatoms. The second-order valence-corrected chi connectivity index (χ2v) is 3.34. The van der Waals surface area contributed by atoms with Gasteiger partial charge in [0, 0.05) is 0 Å². The van der Waals surface area contributed by atoms with Crippen molar-refractivity contribution in [3.05, 3.63) is 12.3 Å². The van der Waals surface area contributed by atoms with Crippen LogP contribution in [0.3, 0.4) is 0 Å². The van der Waals surface area contributed by atoms with E-state index in [1.807, 2.05) is 6.08 Å². The summed E-state index contributed by atoms with van der Waals surface area (Å²) in [6, 6.07) is 0. The minimum Gasteiger partial charge on any atom is -0.405 e. The van der Waals surface area contributed by atoms with Crippen LogP contribution in [-0.4, -0.2) is 0 Å². The number of hydrogen-bond donors (Lipinski definition) is 1. The van der Waals surface area contributed by atoms with Gasteiger partial charge in [0.2, 0.25) is 0 Å². The molecule has 0 unspecified atom stereocenters. The first-order valence-corrected chi connectivity index (χ1v) is 5.28. The van der Waals surface area contributed by atoms with Crippen LogP contribution in [0.15, 0.2) is 12.3 Å². The smallest absolute Gasteiger partial charge is 0.0103 e. The Kier molecular flexibility index (Phi) is 10.1. The highest BCUT2D eigenvalue weighted by molar-refractivity contribution is 4.74. The van der Waals surface area contributed by atoms with E-state index >= 15 is 0 Å². The van der Waals surface area contributed by atoms with Gasteiger partial charge in [0.15, 0.2) is 0 Å². The summed E-state index contributed by atoms with van der Waals surface area (Å²) < 4.78 is 0. The van der Waals surface area contributed by atoms with Crippen molar-refractivity contribution in [1.82, 2.24) is 0 Å². The van der Waals surface area contributed by atoms with Crippen molar-refractivity contribution in [2.24, 2.45) is 5.73 Å². The SMILES string of the molecule is CCCCCCCCC/C=C\N. The van der Waals surface area contributed by atoms with Crippen molar-refractivity contribution < 1.29 is 0 Å². The van der Waals surface area contributed by atoms with E-state index < -0.39 is 0 Å². The fraction of sp³-hybridized carbons (Fsp3) is 0.818. The van der Waals surface area contributed by atoms with E-state index in [4.69, 9.17) is 5.73 Å². The summed E-state index contributed by atoms with van der Waals surface area (Å²) in [5, 5.41) is 0. The van der Waals surface area contributed by atoms with E-state index in [2.05, 4.69) is 6.92 Å². The zero-order chi connectivity index (χ0) is 9.07. The van der Waals surface area contributed by atoms with Crippen LogP contribution in [0.25, 0.3) is 0 Å². The van der Waals surface area contributed by atoms with Crippen LogP contribution in [0.4, 0.5) is 0 Å². The lowest BCUT2D eigenvalue weighted by Gasteiger charge is -1.98. The zero-order valence-corrected chi connectivity index (χ0v) is 8.39. The van der Waals surface area contributed by atoms with Gasteiger partial charge < -0.3 is 5.73 Å². The van der Waals surface area contributed by atoms with E-state index in [1.54, 1.807) is 6.20 Å². The molecule has 0 aliphatic carbocycles. The van der Waals surface area contributed by atoms with Crippen molar-refractivity contribution in [2.75, 3.05) is 0 Å². The average molecular weight is 169 g/mol. The molecule has 0 saturated carbocycles. The third-order valence-corrected chi connectivity index (χ3v) is 2.11. The standard InChI is InChI=1S/C11H23N/c1-2-3-4-5-6-7-8-9-10-11-12/h10-11H,2-9,12H2,1H3/b11-10-. The highest BCUT2D eigenvalue weighted by Gasteiger charge is 1.88. The largest absolute Gasteiger partial charge is 0.405 e. The Hall–Kier alpha value is -0.460. The summed E-state index contributed by atoms with van der Waals surface area (Å²) >= 11 is 0. The van der Waals surface area contributed by atoms with Crippen molar-refractivity contribution in [3.8, 4) is 0 Å². The highest BCUT2D eigenvalue weighted by atomic mass is 14.5. The lowest BCUT2D eigenvalue weighted by Crippen LogP contribution is -1.80. The average Bonchev–Trinajstić information content (AvgIpc) is 2.10. The van der Waals surface area contributed by atoms with Crippen molar-refractivity contribution in [2.45, 2.75) is 58.3 Å². The van der Waals surface area contributed by atoms with Gasteiger partial charge in [-0.15, -0.1) is 0 Å². The van der Waals surface area contributed by atoms with Gasteiger partial charge in [0.25, 0.3) is 0 Å². The van der Waals surface area contributed by atoms with Crippen LogP contribution in [0.2, 0.25) is 0 Å². The quantitative estimate of drug-likeness (QED) is 0.552. The minimum absolute atomic E-state index is 1.16. The summed E-state index contributed by atoms with van der Waals surface area (Å²) in [4.78, 5) is 0. The molecule has 72 valence electrons. The summed E-state index contributed by atoms with van der Waals surface area (Å²) in [6.07, 6.45) is 14.5. The maximum Gasteiger partial charge on any atom is -0.0103 e. The van der Waals surface area contributed by atoms with Gasteiger partial charge >= 0.3 is 0 Å². The molecule has 0 aromatic rings. The molecule has 0 aliphatic rings. The van der Waals surface area contributed by atoms with Crippen LogP contribution in [0, 0.1) is 0 Å². The van der Waals surface area contributed by atoms with Crippen LogP contribution >= 0.6 is 0 Å². The fourth-order valence-corrected chi connectivity index (χ4v) is 1.32. The molecule has 0 heterocycles. The number of unbranched alkanes of at least 4 members (excludes halogenated alkanes) is 7. The lowest BCUT2D eigenvalue weighted by molar-refractivity contribution is 0.592. The third kappa shape index (κ3) is 9.54. The van der Waals surface area contributed by atoms with E-state index in [9.17, 15) is 0 Å². The summed E-state index contributed by atoms with van der Waals surface area (Å²) in [6.45, 7) is 2.26. The second kappa shape index (κ2) is 10.5. The fourth-order valence-electron chi connectivity index (χ4n) is 1.32. The zero-order valence-electron chi connectivity index (χ0n) is 8.39. The summed E-state index contributed by atoms with van der Waals surface area (Å²) in [5.41, 5.74) is 5.23. The molecular weight excluding hydrogens is 146 g/mol. The van der Waals surface area contributed by atoms with Gasteiger partial charge in [0.1, 0.15) is 0 Å². The number of nitrogens with two attached hydrogens (primary N) is 1. The Bertz CT molecular complexity index is 97.2. The molecule has 1 nitrogen and oxygen atoms in total. The Morgan fingerprint density at radius 3 is 2.08 bits per heavy atom. The van der Waals surface area contributed by atoms with E-state index in [0.29, 0.717) is 0 Å². The van der Waals surface area contributed by atoms with E-state index in [0.717, 1.165) is 6.42 Å². The molecule has 0 rings (SSSR count). The first-order chi connectivity index (χ1) is 5.91. The molecule has 0 amide bonds. The molecule has 0 fully saturated rings. The number of hydrogen-bond acceptors (Lipinski definition) is 1. The normalized spacial score (nSPS) is 11.1.